The topological polar surface area (TPSA) is 50.7 Å². The van der Waals surface area contributed by atoms with Crippen molar-refractivity contribution in [1.82, 2.24) is 5.32 Å². The van der Waals surface area contributed by atoms with Crippen LogP contribution in [0.2, 0.25) is 5.02 Å². The Balaban J connectivity index is 2.09. The van der Waals surface area contributed by atoms with Gasteiger partial charge in [0.05, 0.1) is 19.3 Å². The highest BCUT2D eigenvalue weighted by molar-refractivity contribution is 6.30. The van der Waals surface area contributed by atoms with Crippen LogP contribution >= 0.6 is 11.6 Å². The number of fused-ring (bicyclic) bond motifs is 1. The summed E-state index contributed by atoms with van der Waals surface area (Å²) in [5.74, 6) is 1.74. The second kappa shape index (κ2) is 7.32. The number of benzene rings is 2. The van der Waals surface area contributed by atoms with Gasteiger partial charge in [-0.15, -0.1) is 0 Å². The minimum Gasteiger partial charge on any atom is -0.508 e. The molecule has 0 saturated carbocycles. The first-order chi connectivity index (χ1) is 11.6. The van der Waals surface area contributed by atoms with Crippen molar-refractivity contribution in [2.75, 3.05) is 19.8 Å². The molecule has 128 valence electrons. The lowest BCUT2D eigenvalue weighted by atomic mass is 9.89. The van der Waals surface area contributed by atoms with E-state index in [0.717, 1.165) is 35.6 Å². The molecule has 2 N–H and O–H groups in total. The average Bonchev–Trinajstić information content (AvgIpc) is 2.57. The molecule has 0 aromatic heterocycles. The minimum atomic E-state index is -0.123. The summed E-state index contributed by atoms with van der Waals surface area (Å²) < 4.78 is 11.5. The van der Waals surface area contributed by atoms with E-state index < -0.39 is 0 Å². The molecule has 1 aliphatic heterocycles. The van der Waals surface area contributed by atoms with E-state index in [1.54, 1.807) is 18.2 Å². The smallest absolute Gasteiger partial charge is 0.161 e. The summed E-state index contributed by atoms with van der Waals surface area (Å²) in [5, 5.41) is 14.3. The number of phenols is 1. The molecule has 5 heteroatoms. The Morgan fingerprint density at radius 3 is 2.50 bits per heavy atom. The predicted molar refractivity (Wildman–Crippen MR) is 95.4 cm³/mol. The SMILES string of the molecule is CCOc1cc2c(cc1OCC)[C@H](c1cc(Cl)ccc1O)NCC2. The number of hydrogen-bond donors (Lipinski definition) is 2. The second-order valence-electron chi connectivity index (χ2n) is 5.70. The van der Waals surface area contributed by atoms with E-state index in [1.807, 2.05) is 19.9 Å². The van der Waals surface area contributed by atoms with Crippen LogP contribution in [-0.4, -0.2) is 24.9 Å². The Kier molecular flexibility index (Phi) is 5.17. The lowest BCUT2D eigenvalue weighted by Gasteiger charge is -2.29. The van der Waals surface area contributed by atoms with Gasteiger partial charge in [0, 0.05) is 17.1 Å². The molecule has 1 atom stereocenters. The monoisotopic (exact) mass is 347 g/mol. The van der Waals surface area contributed by atoms with Gasteiger partial charge >= 0.3 is 0 Å². The van der Waals surface area contributed by atoms with Gasteiger partial charge in [-0.3, -0.25) is 0 Å². The molecular weight excluding hydrogens is 326 g/mol. The fraction of sp³-hybridized carbons (Fsp3) is 0.368. The standard InChI is InChI=1S/C19H22ClNO3/c1-3-23-17-9-12-7-8-21-19(14(12)11-18(17)24-4-2)15-10-13(20)5-6-16(15)22/h5-6,9-11,19,21-22H,3-4,7-8H2,1-2H3/t19-/m1/s1. The van der Waals surface area contributed by atoms with Gasteiger partial charge in [0.1, 0.15) is 5.75 Å². The fourth-order valence-electron chi connectivity index (χ4n) is 3.13. The summed E-state index contributed by atoms with van der Waals surface area (Å²) in [6, 6.07) is 9.07. The number of ether oxygens (including phenoxy) is 2. The van der Waals surface area contributed by atoms with E-state index in [-0.39, 0.29) is 11.8 Å². The molecule has 2 aromatic rings. The first-order valence-corrected chi connectivity index (χ1v) is 8.66. The van der Waals surface area contributed by atoms with Crippen LogP contribution in [0, 0.1) is 0 Å². The zero-order valence-electron chi connectivity index (χ0n) is 13.9. The van der Waals surface area contributed by atoms with Crippen LogP contribution < -0.4 is 14.8 Å². The van der Waals surface area contributed by atoms with Crippen LogP contribution in [0.15, 0.2) is 30.3 Å². The number of aromatic hydroxyl groups is 1. The Labute approximate surface area is 147 Å². The normalized spacial score (nSPS) is 16.5. The molecule has 0 unspecified atom stereocenters. The molecule has 3 rings (SSSR count). The van der Waals surface area contributed by atoms with Crippen LogP contribution in [0.25, 0.3) is 0 Å². The molecule has 1 aliphatic rings. The minimum absolute atomic E-state index is 0.123. The highest BCUT2D eigenvalue weighted by Gasteiger charge is 2.26. The van der Waals surface area contributed by atoms with E-state index in [2.05, 4.69) is 11.4 Å². The van der Waals surface area contributed by atoms with Crippen molar-refractivity contribution in [2.45, 2.75) is 26.3 Å². The lowest BCUT2D eigenvalue weighted by Crippen LogP contribution is -2.30. The first-order valence-electron chi connectivity index (χ1n) is 8.28. The molecule has 0 spiro atoms. The summed E-state index contributed by atoms with van der Waals surface area (Å²) in [5.41, 5.74) is 3.06. The second-order valence-corrected chi connectivity index (χ2v) is 6.14. The Morgan fingerprint density at radius 2 is 1.79 bits per heavy atom. The van der Waals surface area contributed by atoms with Crippen LogP contribution in [0.3, 0.4) is 0 Å². The van der Waals surface area contributed by atoms with Crippen molar-refractivity contribution in [2.24, 2.45) is 0 Å². The number of halogens is 1. The maximum absolute atomic E-state index is 10.3. The third kappa shape index (κ3) is 3.30. The number of hydrogen-bond acceptors (Lipinski definition) is 4. The predicted octanol–water partition coefficient (Wildman–Crippen LogP) is 4.08. The first kappa shape index (κ1) is 16.9. The van der Waals surface area contributed by atoms with Crippen LogP contribution in [-0.2, 0) is 6.42 Å². The van der Waals surface area contributed by atoms with E-state index in [4.69, 9.17) is 21.1 Å². The van der Waals surface area contributed by atoms with E-state index >= 15 is 0 Å². The van der Waals surface area contributed by atoms with Crippen molar-refractivity contribution in [3.05, 3.63) is 52.0 Å². The van der Waals surface area contributed by atoms with Crippen molar-refractivity contribution >= 4 is 11.6 Å². The van der Waals surface area contributed by atoms with Crippen LogP contribution in [0.5, 0.6) is 17.2 Å². The van der Waals surface area contributed by atoms with Gasteiger partial charge in [-0.05, 0) is 61.7 Å². The van der Waals surface area contributed by atoms with Gasteiger partial charge in [0.2, 0.25) is 0 Å². The van der Waals surface area contributed by atoms with E-state index in [1.165, 1.54) is 5.56 Å². The van der Waals surface area contributed by atoms with Crippen molar-refractivity contribution in [3.8, 4) is 17.2 Å². The Hall–Kier alpha value is -1.91. The highest BCUT2D eigenvalue weighted by atomic mass is 35.5. The van der Waals surface area contributed by atoms with Gasteiger partial charge in [0.15, 0.2) is 11.5 Å². The molecule has 4 nitrogen and oxygen atoms in total. The molecule has 2 aromatic carbocycles. The van der Waals surface area contributed by atoms with Gasteiger partial charge < -0.3 is 19.9 Å². The highest BCUT2D eigenvalue weighted by Crippen LogP contribution is 2.40. The number of nitrogens with one attached hydrogen (secondary N) is 1. The Morgan fingerprint density at radius 1 is 1.08 bits per heavy atom. The zero-order valence-corrected chi connectivity index (χ0v) is 14.7. The molecule has 0 aliphatic carbocycles. The third-order valence-corrected chi connectivity index (χ3v) is 4.39. The summed E-state index contributed by atoms with van der Waals surface area (Å²) in [6.45, 7) is 5.90. The molecule has 0 saturated heterocycles. The largest absolute Gasteiger partial charge is 0.508 e. The van der Waals surface area contributed by atoms with E-state index in [0.29, 0.717) is 18.2 Å². The molecule has 0 amide bonds. The van der Waals surface area contributed by atoms with Gasteiger partial charge in [-0.25, -0.2) is 0 Å². The molecular formula is C19H22ClNO3. The Bertz CT molecular complexity index is 733. The molecule has 0 bridgehead atoms. The summed E-state index contributed by atoms with van der Waals surface area (Å²) in [4.78, 5) is 0. The van der Waals surface area contributed by atoms with Crippen molar-refractivity contribution in [1.29, 1.82) is 0 Å². The van der Waals surface area contributed by atoms with Crippen molar-refractivity contribution in [3.63, 3.8) is 0 Å². The van der Waals surface area contributed by atoms with Crippen LogP contribution in [0.4, 0.5) is 0 Å². The molecule has 0 fully saturated rings. The summed E-state index contributed by atoms with van der Waals surface area (Å²) in [7, 11) is 0. The van der Waals surface area contributed by atoms with Gasteiger partial charge in [-0.2, -0.15) is 0 Å². The fourth-order valence-corrected chi connectivity index (χ4v) is 3.32. The zero-order chi connectivity index (χ0) is 17.1. The molecule has 24 heavy (non-hydrogen) atoms. The molecule has 0 radical (unpaired) electrons. The van der Waals surface area contributed by atoms with E-state index in [9.17, 15) is 5.11 Å². The number of phenolic OH excluding ortho intramolecular Hbond substituents is 1. The summed E-state index contributed by atoms with van der Waals surface area (Å²) in [6.07, 6.45) is 0.902. The maximum Gasteiger partial charge on any atom is 0.161 e. The maximum atomic E-state index is 10.3. The summed E-state index contributed by atoms with van der Waals surface area (Å²) >= 11 is 6.13. The average molecular weight is 348 g/mol. The molecule has 1 heterocycles. The van der Waals surface area contributed by atoms with Crippen molar-refractivity contribution < 1.29 is 14.6 Å². The third-order valence-electron chi connectivity index (χ3n) is 4.16. The lowest BCUT2D eigenvalue weighted by molar-refractivity contribution is 0.286. The van der Waals surface area contributed by atoms with Gasteiger partial charge in [-0.1, -0.05) is 11.6 Å². The quantitative estimate of drug-likeness (QED) is 0.855. The number of rotatable bonds is 5. The van der Waals surface area contributed by atoms with Crippen LogP contribution in [0.1, 0.15) is 36.6 Å². The van der Waals surface area contributed by atoms with Gasteiger partial charge in [0.25, 0.3) is 0 Å².